The number of hydrogen-bond acceptors (Lipinski definition) is 2. The lowest BCUT2D eigenvalue weighted by molar-refractivity contribution is 0.398. The van der Waals surface area contributed by atoms with Gasteiger partial charge in [0, 0.05) is 6.04 Å². The van der Waals surface area contributed by atoms with E-state index in [9.17, 15) is 0 Å². The highest BCUT2D eigenvalue weighted by Crippen LogP contribution is 2.24. The molecule has 0 radical (unpaired) electrons. The summed E-state index contributed by atoms with van der Waals surface area (Å²) >= 11 is 2.11. The lowest BCUT2D eigenvalue weighted by atomic mass is 9.98. The molecular weight excluding hydrogens is 142 g/mol. The molecule has 1 heterocycles. The molecule has 1 aliphatic heterocycles. The van der Waals surface area contributed by atoms with Crippen LogP contribution in [0.5, 0.6) is 0 Å². The maximum absolute atomic E-state index is 3.32. The van der Waals surface area contributed by atoms with Gasteiger partial charge in [0.15, 0.2) is 0 Å². The van der Waals surface area contributed by atoms with Crippen molar-refractivity contribution in [2.75, 3.05) is 18.6 Å². The summed E-state index contributed by atoms with van der Waals surface area (Å²) in [5.41, 5.74) is 0. The Balaban J connectivity index is 2.24. The highest BCUT2D eigenvalue weighted by atomic mass is 32.2. The minimum atomic E-state index is 0.716. The molecule has 2 heteroatoms. The Morgan fingerprint density at radius 2 is 2.40 bits per heavy atom. The Bertz CT molecular complexity index is 89.3. The summed E-state index contributed by atoms with van der Waals surface area (Å²) < 4.78 is 0. The zero-order valence-corrected chi connectivity index (χ0v) is 7.71. The van der Waals surface area contributed by atoms with Gasteiger partial charge < -0.3 is 5.32 Å². The van der Waals surface area contributed by atoms with Crippen LogP contribution in [0.3, 0.4) is 0 Å². The third-order valence-corrected chi connectivity index (χ3v) is 3.60. The molecule has 0 bridgehead atoms. The first-order valence-electron chi connectivity index (χ1n) is 4.09. The van der Waals surface area contributed by atoms with E-state index in [1.165, 1.54) is 24.3 Å². The quantitative estimate of drug-likeness (QED) is 0.658. The molecule has 0 spiro atoms. The van der Waals surface area contributed by atoms with Crippen LogP contribution in [-0.2, 0) is 0 Å². The van der Waals surface area contributed by atoms with Crippen molar-refractivity contribution in [3.05, 3.63) is 0 Å². The van der Waals surface area contributed by atoms with Crippen molar-refractivity contribution in [1.82, 2.24) is 5.32 Å². The Morgan fingerprint density at radius 3 is 2.90 bits per heavy atom. The lowest BCUT2D eigenvalue weighted by Crippen LogP contribution is -2.33. The van der Waals surface area contributed by atoms with Gasteiger partial charge >= 0.3 is 0 Å². The summed E-state index contributed by atoms with van der Waals surface area (Å²) in [4.78, 5) is 0. The molecule has 1 rings (SSSR count). The smallest absolute Gasteiger partial charge is 0.00718 e. The molecule has 1 fully saturated rings. The van der Waals surface area contributed by atoms with Crippen molar-refractivity contribution in [2.24, 2.45) is 5.92 Å². The van der Waals surface area contributed by atoms with Gasteiger partial charge in [0.25, 0.3) is 0 Å². The first kappa shape index (κ1) is 8.41. The maximum atomic E-state index is 3.32. The fraction of sp³-hybridized carbons (Fsp3) is 1.00. The molecule has 1 N–H and O–H groups in total. The maximum Gasteiger partial charge on any atom is 0.00718 e. The minimum Gasteiger partial charge on any atom is -0.317 e. The summed E-state index contributed by atoms with van der Waals surface area (Å²) in [6, 6.07) is 0.716. The SMILES string of the molecule is CNC(C)C1CCCSC1. The second kappa shape index (κ2) is 4.24. The first-order chi connectivity index (χ1) is 4.84. The summed E-state index contributed by atoms with van der Waals surface area (Å²) in [5.74, 6) is 3.67. The highest BCUT2D eigenvalue weighted by molar-refractivity contribution is 7.99. The summed E-state index contributed by atoms with van der Waals surface area (Å²) in [6.45, 7) is 2.29. The monoisotopic (exact) mass is 159 g/mol. The van der Waals surface area contributed by atoms with E-state index in [1.807, 2.05) is 0 Å². The van der Waals surface area contributed by atoms with Crippen LogP contribution < -0.4 is 5.32 Å². The van der Waals surface area contributed by atoms with Gasteiger partial charge in [-0.3, -0.25) is 0 Å². The first-order valence-corrected chi connectivity index (χ1v) is 5.25. The Kier molecular flexibility index (Phi) is 3.57. The molecule has 1 aliphatic rings. The van der Waals surface area contributed by atoms with Gasteiger partial charge in [0.05, 0.1) is 0 Å². The number of nitrogens with one attached hydrogen (secondary N) is 1. The molecule has 2 unspecified atom stereocenters. The van der Waals surface area contributed by atoms with E-state index in [-0.39, 0.29) is 0 Å². The third-order valence-electron chi connectivity index (χ3n) is 2.36. The van der Waals surface area contributed by atoms with Gasteiger partial charge in [0.1, 0.15) is 0 Å². The van der Waals surface area contributed by atoms with Gasteiger partial charge in [-0.1, -0.05) is 0 Å². The van der Waals surface area contributed by atoms with E-state index in [2.05, 4.69) is 31.1 Å². The molecule has 2 atom stereocenters. The van der Waals surface area contributed by atoms with Crippen LogP contribution in [0.1, 0.15) is 19.8 Å². The molecule has 0 aromatic heterocycles. The van der Waals surface area contributed by atoms with Crippen LogP contribution in [0, 0.1) is 5.92 Å². The second-order valence-electron chi connectivity index (χ2n) is 3.05. The average molecular weight is 159 g/mol. The molecule has 60 valence electrons. The van der Waals surface area contributed by atoms with Crippen molar-refractivity contribution >= 4 is 11.8 Å². The predicted molar refractivity (Wildman–Crippen MR) is 48.6 cm³/mol. The molecule has 1 saturated heterocycles. The zero-order valence-electron chi connectivity index (χ0n) is 6.89. The summed E-state index contributed by atoms with van der Waals surface area (Å²) in [6.07, 6.45) is 2.84. The van der Waals surface area contributed by atoms with Crippen molar-refractivity contribution in [3.8, 4) is 0 Å². The lowest BCUT2D eigenvalue weighted by Gasteiger charge is -2.26. The van der Waals surface area contributed by atoms with E-state index in [1.54, 1.807) is 0 Å². The van der Waals surface area contributed by atoms with Crippen LogP contribution in [0.25, 0.3) is 0 Å². The van der Waals surface area contributed by atoms with Crippen molar-refractivity contribution in [1.29, 1.82) is 0 Å². The van der Waals surface area contributed by atoms with Crippen molar-refractivity contribution in [2.45, 2.75) is 25.8 Å². The van der Waals surface area contributed by atoms with E-state index in [0.29, 0.717) is 6.04 Å². The second-order valence-corrected chi connectivity index (χ2v) is 4.20. The number of hydrogen-bond donors (Lipinski definition) is 1. The van der Waals surface area contributed by atoms with Crippen molar-refractivity contribution < 1.29 is 0 Å². The standard InChI is InChI=1S/C8H17NS/c1-7(9-2)8-4-3-5-10-6-8/h7-9H,3-6H2,1-2H3. The van der Waals surface area contributed by atoms with Gasteiger partial charge in [-0.15, -0.1) is 0 Å². The normalized spacial score (nSPS) is 30.0. The van der Waals surface area contributed by atoms with E-state index >= 15 is 0 Å². The predicted octanol–water partition coefficient (Wildman–Crippen LogP) is 1.74. The van der Waals surface area contributed by atoms with Crippen molar-refractivity contribution in [3.63, 3.8) is 0 Å². The number of thioether (sulfide) groups is 1. The third kappa shape index (κ3) is 2.17. The molecule has 0 saturated carbocycles. The highest BCUT2D eigenvalue weighted by Gasteiger charge is 2.18. The molecule has 10 heavy (non-hydrogen) atoms. The number of rotatable bonds is 2. The topological polar surface area (TPSA) is 12.0 Å². The van der Waals surface area contributed by atoms with Gasteiger partial charge in [-0.25, -0.2) is 0 Å². The Hall–Kier alpha value is 0.310. The Labute approximate surface area is 68.0 Å². The summed E-state index contributed by atoms with van der Waals surface area (Å²) in [7, 11) is 2.06. The largest absolute Gasteiger partial charge is 0.317 e. The molecule has 0 amide bonds. The minimum absolute atomic E-state index is 0.716. The molecule has 0 aliphatic carbocycles. The summed E-state index contributed by atoms with van der Waals surface area (Å²) in [5, 5.41) is 3.32. The fourth-order valence-electron chi connectivity index (χ4n) is 1.40. The van der Waals surface area contributed by atoms with Crippen LogP contribution in [0.2, 0.25) is 0 Å². The molecule has 0 aromatic rings. The van der Waals surface area contributed by atoms with E-state index in [4.69, 9.17) is 0 Å². The fourth-order valence-corrected chi connectivity index (χ4v) is 2.69. The molecular formula is C8H17NS. The van der Waals surface area contributed by atoms with Crippen LogP contribution in [-0.4, -0.2) is 24.6 Å². The van der Waals surface area contributed by atoms with Gasteiger partial charge in [0.2, 0.25) is 0 Å². The van der Waals surface area contributed by atoms with Crippen LogP contribution >= 0.6 is 11.8 Å². The van der Waals surface area contributed by atoms with E-state index in [0.717, 1.165) is 5.92 Å². The molecule has 1 nitrogen and oxygen atoms in total. The van der Waals surface area contributed by atoms with Gasteiger partial charge in [-0.2, -0.15) is 11.8 Å². The van der Waals surface area contributed by atoms with Crippen LogP contribution in [0.15, 0.2) is 0 Å². The molecule has 0 aromatic carbocycles. The van der Waals surface area contributed by atoms with Gasteiger partial charge in [-0.05, 0) is 44.2 Å². The zero-order chi connectivity index (χ0) is 7.40. The average Bonchev–Trinajstić information content (AvgIpc) is 2.05. The Morgan fingerprint density at radius 1 is 1.60 bits per heavy atom. The van der Waals surface area contributed by atoms with E-state index < -0.39 is 0 Å². The van der Waals surface area contributed by atoms with Crippen LogP contribution in [0.4, 0.5) is 0 Å².